The number of benzene rings is 1. The Hall–Kier alpha value is -0.380. The molecule has 0 spiro atoms. The molecule has 1 atom stereocenters. The number of hydrogen-bond donors (Lipinski definition) is 0. The maximum absolute atomic E-state index is 5.64. The fourth-order valence-electron chi connectivity index (χ4n) is 2.12. The number of halogens is 1. The molecule has 3 heteroatoms. The largest absolute Gasteiger partial charge is 0.377 e. The molecule has 0 bridgehead atoms. The zero-order chi connectivity index (χ0) is 11.4. The molecule has 1 saturated heterocycles. The summed E-state index contributed by atoms with van der Waals surface area (Å²) in [5, 5.41) is 0. The average molecular weight is 284 g/mol. The van der Waals surface area contributed by atoms with Gasteiger partial charge in [0.1, 0.15) is 0 Å². The van der Waals surface area contributed by atoms with Gasteiger partial charge in [0.05, 0.1) is 6.10 Å². The van der Waals surface area contributed by atoms with Gasteiger partial charge in [0, 0.05) is 24.2 Å². The molecule has 1 aliphatic heterocycles. The molecule has 1 aromatic carbocycles. The summed E-state index contributed by atoms with van der Waals surface area (Å²) in [6.45, 7) is 2.94. The van der Waals surface area contributed by atoms with Crippen LogP contribution < -0.4 is 0 Å². The van der Waals surface area contributed by atoms with Gasteiger partial charge in [-0.25, -0.2) is 0 Å². The van der Waals surface area contributed by atoms with Gasteiger partial charge in [-0.05, 0) is 31.5 Å². The van der Waals surface area contributed by atoms with Crippen LogP contribution in [0.25, 0.3) is 0 Å². The third-order valence-corrected chi connectivity index (χ3v) is 3.71. The molecule has 0 aliphatic carbocycles. The molecular formula is C13H18BrNO. The van der Waals surface area contributed by atoms with Crippen LogP contribution in [0.15, 0.2) is 28.7 Å². The summed E-state index contributed by atoms with van der Waals surface area (Å²) in [6, 6.07) is 8.39. The van der Waals surface area contributed by atoms with E-state index in [2.05, 4.69) is 46.1 Å². The van der Waals surface area contributed by atoms with Crippen LogP contribution in [-0.4, -0.2) is 31.2 Å². The molecule has 0 N–H and O–H groups in total. The molecule has 1 aliphatic rings. The van der Waals surface area contributed by atoms with Gasteiger partial charge < -0.3 is 4.74 Å². The lowest BCUT2D eigenvalue weighted by Crippen LogP contribution is -2.28. The van der Waals surface area contributed by atoms with Crippen molar-refractivity contribution in [2.75, 3.05) is 20.2 Å². The van der Waals surface area contributed by atoms with E-state index in [4.69, 9.17) is 4.74 Å². The van der Waals surface area contributed by atoms with Crippen molar-refractivity contribution in [1.29, 1.82) is 0 Å². The lowest BCUT2D eigenvalue weighted by molar-refractivity contribution is 0.0793. The quantitative estimate of drug-likeness (QED) is 0.842. The van der Waals surface area contributed by atoms with Crippen molar-refractivity contribution < 1.29 is 4.74 Å². The third kappa shape index (κ3) is 3.30. The standard InChI is InChI=1S/C13H18BrNO/c1-15(10-12-6-4-8-16-12)9-11-5-2-3-7-13(11)14/h2-3,5,7,12H,4,6,8-10H2,1H3. The molecule has 0 amide bonds. The molecule has 1 unspecified atom stereocenters. The zero-order valence-corrected chi connectivity index (χ0v) is 11.2. The SMILES string of the molecule is CN(Cc1ccccc1Br)CC1CCCO1. The monoisotopic (exact) mass is 283 g/mol. The van der Waals surface area contributed by atoms with Crippen molar-refractivity contribution in [3.05, 3.63) is 34.3 Å². The number of hydrogen-bond acceptors (Lipinski definition) is 2. The second-order valence-electron chi connectivity index (χ2n) is 4.42. The van der Waals surface area contributed by atoms with Crippen LogP contribution in [0.2, 0.25) is 0 Å². The van der Waals surface area contributed by atoms with Crippen LogP contribution >= 0.6 is 15.9 Å². The van der Waals surface area contributed by atoms with E-state index in [0.717, 1.165) is 19.7 Å². The van der Waals surface area contributed by atoms with Crippen LogP contribution in [0.3, 0.4) is 0 Å². The van der Waals surface area contributed by atoms with Crippen molar-refractivity contribution in [2.24, 2.45) is 0 Å². The van der Waals surface area contributed by atoms with E-state index in [1.165, 1.54) is 22.9 Å². The molecule has 0 radical (unpaired) electrons. The summed E-state index contributed by atoms with van der Waals surface area (Å²) in [5.74, 6) is 0. The molecule has 2 nitrogen and oxygen atoms in total. The van der Waals surface area contributed by atoms with E-state index >= 15 is 0 Å². The first-order valence-electron chi connectivity index (χ1n) is 5.79. The highest BCUT2D eigenvalue weighted by molar-refractivity contribution is 9.10. The Labute approximate surface area is 106 Å². The van der Waals surface area contributed by atoms with Gasteiger partial charge in [-0.15, -0.1) is 0 Å². The van der Waals surface area contributed by atoms with Gasteiger partial charge in [-0.1, -0.05) is 34.1 Å². The number of likely N-dealkylation sites (N-methyl/N-ethyl adjacent to an activating group) is 1. The Morgan fingerprint density at radius 3 is 2.94 bits per heavy atom. The van der Waals surface area contributed by atoms with Crippen molar-refractivity contribution in [2.45, 2.75) is 25.5 Å². The Balaban J connectivity index is 1.86. The topological polar surface area (TPSA) is 12.5 Å². The lowest BCUT2D eigenvalue weighted by Gasteiger charge is -2.21. The molecule has 16 heavy (non-hydrogen) atoms. The minimum absolute atomic E-state index is 0.437. The molecule has 88 valence electrons. The maximum Gasteiger partial charge on any atom is 0.0702 e. The van der Waals surface area contributed by atoms with Crippen molar-refractivity contribution in [1.82, 2.24) is 4.90 Å². The molecule has 0 aromatic heterocycles. The number of nitrogens with zero attached hydrogens (tertiary/aromatic N) is 1. The molecular weight excluding hydrogens is 266 g/mol. The Morgan fingerprint density at radius 1 is 1.44 bits per heavy atom. The smallest absolute Gasteiger partial charge is 0.0702 e. The summed E-state index contributed by atoms with van der Waals surface area (Å²) in [6.07, 6.45) is 2.86. The highest BCUT2D eigenvalue weighted by Crippen LogP contribution is 2.19. The molecule has 1 aromatic rings. The molecule has 1 heterocycles. The van der Waals surface area contributed by atoms with Crippen molar-refractivity contribution in [3.63, 3.8) is 0 Å². The first-order chi connectivity index (χ1) is 7.75. The minimum Gasteiger partial charge on any atom is -0.377 e. The fraction of sp³-hybridized carbons (Fsp3) is 0.538. The van der Waals surface area contributed by atoms with Crippen LogP contribution in [0, 0.1) is 0 Å². The van der Waals surface area contributed by atoms with E-state index in [0.29, 0.717) is 6.10 Å². The zero-order valence-electron chi connectivity index (χ0n) is 9.66. The van der Waals surface area contributed by atoms with E-state index in [1.54, 1.807) is 0 Å². The first kappa shape index (κ1) is 12.1. The third-order valence-electron chi connectivity index (χ3n) is 2.94. The van der Waals surface area contributed by atoms with Crippen molar-refractivity contribution in [3.8, 4) is 0 Å². The minimum atomic E-state index is 0.437. The summed E-state index contributed by atoms with van der Waals surface area (Å²) in [7, 11) is 2.15. The summed E-state index contributed by atoms with van der Waals surface area (Å²) >= 11 is 3.58. The first-order valence-corrected chi connectivity index (χ1v) is 6.58. The van der Waals surface area contributed by atoms with Gasteiger partial charge in [0.15, 0.2) is 0 Å². The fourth-order valence-corrected chi connectivity index (χ4v) is 2.53. The summed E-state index contributed by atoms with van der Waals surface area (Å²) in [5.41, 5.74) is 1.34. The Kier molecular flexibility index (Phi) is 4.38. The number of ether oxygens (including phenoxy) is 1. The Bertz CT molecular complexity index is 336. The van der Waals surface area contributed by atoms with Crippen LogP contribution in [-0.2, 0) is 11.3 Å². The normalized spacial score (nSPS) is 20.6. The second kappa shape index (κ2) is 5.80. The van der Waals surface area contributed by atoms with E-state index < -0.39 is 0 Å². The molecule has 2 rings (SSSR count). The molecule has 1 fully saturated rings. The van der Waals surface area contributed by atoms with Crippen LogP contribution in [0.4, 0.5) is 0 Å². The number of rotatable bonds is 4. The van der Waals surface area contributed by atoms with Gasteiger partial charge in [-0.2, -0.15) is 0 Å². The van der Waals surface area contributed by atoms with Gasteiger partial charge in [0.2, 0.25) is 0 Å². The predicted octanol–water partition coefficient (Wildman–Crippen LogP) is 3.06. The highest BCUT2D eigenvalue weighted by Gasteiger charge is 2.17. The van der Waals surface area contributed by atoms with Crippen LogP contribution in [0.1, 0.15) is 18.4 Å². The van der Waals surface area contributed by atoms with Crippen LogP contribution in [0.5, 0.6) is 0 Å². The van der Waals surface area contributed by atoms with E-state index in [1.807, 2.05) is 6.07 Å². The van der Waals surface area contributed by atoms with Gasteiger partial charge in [-0.3, -0.25) is 4.90 Å². The maximum atomic E-state index is 5.64. The second-order valence-corrected chi connectivity index (χ2v) is 5.28. The lowest BCUT2D eigenvalue weighted by atomic mass is 10.2. The van der Waals surface area contributed by atoms with Crippen molar-refractivity contribution >= 4 is 15.9 Å². The summed E-state index contributed by atoms with van der Waals surface area (Å²) in [4.78, 5) is 2.33. The molecule has 0 saturated carbocycles. The van der Waals surface area contributed by atoms with Gasteiger partial charge in [0.25, 0.3) is 0 Å². The highest BCUT2D eigenvalue weighted by atomic mass is 79.9. The summed E-state index contributed by atoms with van der Waals surface area (Å²) < 4.78 is 6.83. The van der Waals surface area contributed by atoms with E-state index in [-0.39, 0.29) is 0 Å². The van der Waals surface area contributed by atoms with E-state index in [9.17, 15) is 0 Å². The average Bonchev–Trinajstić information content (AvgIpc) is 2.74. The van der Waals surface area contributed by atoms with Gasteiger partial charge >= 0.3 is 0 Å². The Morgan fingerprint density at radius 2 is 2.25 bits per heavy atom. The predicted molar refractivity (Wildman–Crippen MR) is 69.5 cm³/mol.